The van der Waals surface area contributed by atoms with Crippen LogP contribution in [0.3, 0.4) is 0 Å². The van der Waals surface area contributed by atoms with E-state index in [9.17, 15) is 8.42 Å². The van der Waals surface area contributed by atoms with E-state index in [0.29, 0.717) is 19.1 Å². The van der Waals surface area contributed by atoms with E-state index in [2.05, 4.69) is 22.5 Å². The number of guanidine groups is 1. The summed E-state index contributed by atoms with van der Waals surface area (Å²) in [5.41, 5.74) is 0. The van der Waals surface area contributed by atoms with Gasteiger partial charge in [-0.2, -0.15) is 0 Å². The van der Waals surface area contributed by atoms with Crippen LogP contribution >= 0.6 is 24.0 Å². The van der Waals surface area contributed by atoms with Crippen molar-refractivity contribution in [1.29, 1.82) is 0 Å². The Morgan fingerprint density at radius 3 is 2.22 bits per heavy atom. The minimum Gasteiger partial charge on any atom is -0.381 e. The third-order valence-electron chi connectivity index (χ3n) is 2.76. The van der Waals surface area contributed by atoms with Crippen molar-refractivity contribution in [2.75, 3.05) is 58.6 Å². The minimum atomic E-state index is -2.95. The fourth-order valence-corrected chi connectivity index (χ4v) is 1.92. The zero-order valence-corrected chi connectivity index (χ0v) is 17.6. The van der Waals surface area contributed by atoms with Gasteiger partial charge in [0.15, 0.2) is 5.96 Å². The lowest BCUT2D eigenvalue weighted by atomic mass is 10.4. The first-order valence-electron chi connectivity index (χ1n) is 7.77. The lowest BCUT2D eigenvalue weighted by molar-refractivity contribution is 0.129. The van der Waals surface area contributed by atoms with E-state index in [-0.39, 0.29) is 36.3 Å². The Kier molecular flexibility index (Phi) is 18.3. The second-order valence-electron chi connectivity index (χ2n) is 4.99. The van der Waals surface area contributed by atoms with Crippen molar-refractivity contribution < 1.29 is 17.9 Å². The highest BCUT2D eigenvalue weighted by Gasteiger charge is 2.01. The fourth-order valence-electron chi connectivity index (χ4n) is 1.50. The summed E-state index contributed by atoms with van der Waals surface area (Å²) in [4.78, 5) is 4.09. The normalized spacial score (nSPS) is 11.9. The maximum Gasteiger partial charge on any atom is 0.191 e. The average Bonchev–Trinajstić information content (AvgIpc) is 2.46. The highest BCUT2D eigenvalue weighted by atomic mass is 127. The molecule has 7 nitrogen and oxygen atoms in total. The van der Waals surface area contributed by atoms with Crippen LogP contribution in [0.5, 0.6) is 0 Å². The monoisotopic (exact) mass is 465 g/mol. The van der Waals surface area contributed by atoms with Gasteiger partial charge in [0.2, 0.25) is 0 Å². The standard InChI is InChI=1S/C14H31N3O4S.HI/c1-4-5-9-20-10-6-7-16-14(15-2)17-8-11-21-12-13-22(3,18)19;/h4-13H2,1-3H3,(H2,15,16,17);1H. The molecular weight excluding hydrogens is 433 g/mol. The molecule has 0 aromatic rings. The summed E-state index contributed by atoms with van der Waals surface area (Å²) in [7, 11) is -1.24. The molecule has 0 aromatic heterocycles. The van der Waals surface area contributed by atoms with Gasteiger partial charge in [0.1, 0.15) is 9.84 Å². The zero-order valence-electron chi connectivity index (χ0n) is 14.5. The molecule has 0 rings (SSSR count). The second kappa shape index (κ2) is 16.7. The van der Waals surface area contributed by atoms with Gasteiger partial charge in [0.05, 0.1) is 19.0 Å². The van der Waals surface area contributed by atoms with Crippen LogP contribution in [0.1, 0.15) is 26.2 Å². The molecule has 2 N–H and O–H groups in total. The van der Waals surface area contributed by atoms with Crippen molar-refractivity contribution in [2.45, 2.75) is 26.2 Å². The molecule has 0 aromatic carbocycles. The van der Waals surface area contributed by atoms with Crippen LogP contribution in [-0.2, 0) is 19.3 Å². The van der Waals surface area contributed by atoms with Gasteiger partial charge in [0.25, 0.3) is 0 Å². The Bertz CT molecular complexity index is 391. The van der Waals surface area contributed by atoms with Crippen molar-refractivity contribution in [1.82, 2.24) is 10.6 Å². The molecule has 23 heavy (non-hydrogen) atoms. The topological polar surface area (TPSA) is 89.0 Å². The van der Waals surface area contributed by atoms with E-state index < -0.39 is 9.84 Å². The van der Waals surface area contributed by atoms with E-state index in [4.69, 9.17) is 9.47 Å². The maximum absolute atomic E-state index is 10.9. The highest BCUT2D eigenvalue weighted by molar-refractivity contribution is 14.0. The molecule has 0 aliphatic heterocycles. The first kappa shape index (κ1) is 25.1. The summed E-state index contributed by atoms with van der Waals surface area (Å²) in [5.74, 6) is 0.762. The number of hydrogen-bond donors (Lipinski definition) is 2. The number of nitrogens with zero attached hydrogens (tertiary/aromatic N) is 1. The van der Waals surface area contributed by atoms with Gasteiger partial charge in [-0.1, -0.05) is 13.3 Å². The molecule has 0 fully saturated rings. The lowest BCUT2D eigenvalue weighted by Crippen LogP contribution is -2.39. The van der Waals surface area contributed by atoms with Gasteiger partial charge in [0, 0.05) is 39.6 Å². The Labute approximate surface area is 157 Å². The van der Waals surface area contributed by atoms with E-state index in [1.54, 1.807) is 7.05 Å². The number of nitrogens with one attached hydrogen (secondary N) is 2. The van der Waals surface area contributed by atoms with Gasteiger partial charge in [-0.05, 0) is 12.8 Å². The van der Waals surface area contributed by atoms with Crippen molar-refractivity contribution in [3.8, 4) is 0 Å². The van der Waals surface area contributed by atoms with Crippen LogP contribution in [0, 0.1) is 0 Å². The molecule has 0 spiro atoms. The summed E-state index contributed by atoms with van der Waals surface area (Å²) >= 11 is 0. The summed E-state index contributed by atoms with van der Waals surface area (Å²) in [6.07, 6.45) is 4.39. The van der Waals surface area contributed by atoms with Crippen LogP contribution in [0.25, 0.3) is 0 Å². The molecule has 0 unspecified atom stereocenters. The SMILES string of the molecule is CCCCOCCCNC(=NC)NCCOCCS(C)(=O)=O.I. The zero-order chi connectivity index (χ0) is 16.7. The van der Waals surface area contributed by atoms with Gasteiger partial charge >= 0.3 is 0 Å². The van der Waals surface area contributed by atoms with Crippen LogP contribution in [0.4, 0.5) is 0 Å². The van der Waals surface area contributed by atoms with Crippen LogP contribution in [0.2, 0.25) is 0 Å². The first-order valence-corrected chi connectivity index (χ1v) is 9.83. The molecule has 9 heteroatoms. The molecule has 0 bridgehead atoms. The summed E-state index contributed by atoms with van der Waals surface area (Å²) < 4.78 is 32.5. The van der Waals surface area contributed by atoms with Crippen molar-refractivity contribution in [3.05, 3.63) is 0 Å². The largest absolute Gasteiger partial charge is 0.381 e. The van der Waals surface area contributed by atoms with E-state index in [1.165, 1.54) is 6.26 Å². The predicted molar refractivity (Wildman–Crippen MR) is 106 cm³/mol. The van der Waals surface area contributed by atoms with E-state index in [0.717, 1.165) is 39.0 Å². The fraction of sp³-hybridized carbons (Fsp3) is 0.929. The van der Waals surface area contributed by atoms with Gasteiger partial charge in [-0.3, -0.25) is 4.99 Å². The van der Waals surface area contributed by atoms with Crippen molar-refractivity contribution >= 4 is 39.8 Å². The molecule has 0 atom stereocenters. The Morgan fingerprint density at radius 2 is 1.61 bits per heavy atom. The molecule has 0 saturated carbocycles. The number of aliphatic imine (C=N–C) groups is 1. The molecule has 0 aliphatic carbocycles. The van der Waals surface area contributed by atoms with Crippen LogP contribution < -0.4 is 10.6 Å². The molecular formula is C14H32IN3O4S. The average molecular weight is 465 g/mol. The molecule has 0 heterocycles. The summed E-state index contributed by atoms with van der Waals surface area (Å²) in [6, 6.07) is 0. The number of ether oxygens (including phenoxy) is 2. The van der Waals surface area contributed by atoms with E-state index in [1.807, 2.05) is 0 Å². The Hall–Kier alpha value is -0.130. The third kappa shape index (κ3) is 19.8. The Morgan fingerprint density at radius 1 is 1.00 bits per heavy atom. The third-order valence-corrected chi connectivity index (χ3v) is 3.67. The number of hydrogen-bond acceptors (Lipinski definition) is 5. The lowest BCUT2D eigenvalue weighted by Gasteiger charge is -2.12. The number of rotatable bonds is 13. The molecule has 0 aliphatic rings. The van der Waals surface area contributed by atoms with Gasteiger partial charge in [-0.25, -0.2) is 8.42 Å². The van der Waals surface area contributed by atoms with Crippen molar-refractivity contribution in [3.63, 3.8) is 0 Å². The highest BCUT2D eigenvalue weighted by Crippen LogP contribution is 1.89. The number of halogens is 1. The quantitative estimate of drug-likeness (QED) is 0.183. The van der Waals surface area contributed by atoms with E-state index >= 15 is 0 Å². The molecule has 0 saturated heterocycles. The maximum atomic E-state index is 10.9. The van der Waals surface area contributed by atoms with Crippen LogP contribution in [-0.4, -0.2) is 73.0 Å². The summed E-state index contributed by atoms with van der Waals surface area (Å²) in [6.45, 7) is 5.76. The van der Waals surface area contributed by atoms with Crippen LogP contribution in [0.15, 0.2) is 4.99 Å². The second-order valence-corrected chi connectivity index (χ2v) is 7.25. The Balaban J connectivity index is 0. The number of sulfone groups is 1. The van der Waals surface area contributed by atoms with Gasteiger partial charge < -0.3 is 20.1 Å². The summed E-state index contributed by atoms with van der Waals surface area (Å²) in [5, 5.41) is 6.28. The smallest absolute Gasteiger partial charge is 0.191 e. The molecule has 0 radical (unpaired) electrons. The number of unbranched alkanes of at least 4 members (excludes halogenated alkanes) is 1. The predicted octanol–water partition coefficient (Wildman–Crippen LogP) is 1.04. The molecule has 0 amide bonds. The molecule has 140 valence electrons. The van der Waals surface area contributed by atoms with Gasteiger partial charge in [-0.15, -0.1) is 24.0 Å². The van der Waals surface area contributed by atoms with Crippen molar-refractivity contribution in [2.24, 2.45) is 4.99 Å². The first-order chi connectivity index (χ1) is 10.5. The minimum absolute atomic E-state index is 0.